The number of rotatable bonds is 2. The van der Waals surface area contributed by atoms with Gasteiger partial charge in [-0.2, -0.15) is 0 Å². The number of amides is 2. The van der Waals surface area contributed by atoms with Crippen LogP contribution in [0.5, 0.6) is 0 Å². The van der Waals surface area contributed by atoms with Gasteiger partial charge in [-0.15, -0.1) is 0 Å². The fourth-order valence-corrected chi connectivity index (χ4v) is 1.13. The van der Waals surface area contributed by atoms with Gasteiger partial charge >= 0.3 is 6.03 Å². The monoisotopic (exact) mass is 312 g/mol. The fourth-order valence-electron chi connectivity index (χ4n) is 0.989. The molecule has 0 aromatic rings. The highest BCUT2D eigenvalue weighted by molar-refractivity contribution is 14.1. The van der Waals surface area contributed by atoms with E-state index in [9.17, 15) is 9.59 Å². The lowest BCUT2D eigenvalue weighted by atomic mass is 9.87. The Labute approximate surface area is 98.9 Å². The molecule has 0 fully saturated rings. The molecule has 0 aliphatic rings. The Kier molecular flexibility index (Phi) is 4.83. The number of nitrogens with zero attached hydrogens (tertiary/aromatic N) is 1. The van der Waals surface area contributed by atoms with Crippen LogP contribution >= 0.6 is 22.9 Å². The lowest BCUT2D eigenvalue weighted by Crippen LogP contribution is -2.46. The normalized spacial score (nSPS) is 13.3. The molecule has 0 aromatic carbocycles. The van der Waals surface area contributed by atoms with Crippen LogP contribution in [0, 0.1) is 5.41 Å². The first-order valence-electron chi connectivity index (χ1n) is 4.40. The summed E-state index contributed by atoms with van der Waals surface area (Å²) in [6, 6.07) is -0.699. The molecule has 0 bridgehead atoms. The van der Waals surface area contributed by atoms with E-state index >= 15 is 0 Å². The van der Waals surface area contributed by atoms with Crippen molar-refractivity contribution in [3.05, 3.63) is 0 Å². The molecule has 0 aromatic heterocycles. The molecule has 0 rings (SSSR count). The number of Topliss-reactive ketones (excluding diaryl/α,β-unsaturated/α-hetero) is 1. The van der Waals surface area contributed by atoms with E-state index in [1.165, 1.54) is 3.11 Å². The molecule has 82 valence electrons. The lowest BCUT2D eigenvalue weighted by molar-refractivity contribution is -0.127. The van der Waals surface area contributed by atoms with Gasteiger partial charge in [0, 0.05) is 12.5 Å². The second-order valence-electron chi connectivity index (χ2n) is 4.26. The molecule has 0 heterocycles. The van der Waals surface area contributed by atoms with Crippen molar-refractivity contribution in [1.29, 1.82) is 0 Å². The summed E-state index contributed by atoms with van der Waals surface area (Å²) in [5.74, 6) is 0.0316. The third-order valence-electron chi connectivity index (χ3n) is 1.75. The quantitative estimate of drug-likeness (QED) is 0.626. The molecule has 0 saturated heterocycles. The van der Waals surface area contributed by atoms with Crippen LogP contribution < -0.4 is 5.32 Å². The largest absolute Gasteiger partial charge is 0.328 e. The van der Waals surface area contributed by atoms with E-state index in [2.05, 4.69) is 5.32 Å². The lowest BCUT2D eigenvalue weighted by Gasteiger charge is -2.23. The third-order valence-corrected chi connectivity index (χ3v) is 2.19. The number of hydrogen-bond acceptors (Lipinski definition) is 2. The van der Waals surface area contributed by atoms with Crippen LogP contribution in [0.4, 0.5) is 4.79 Å². The minimum absolute atomic E-state index is 0.0316. The van der Waals surface area contributed by atoms with E-state index in [1.54, 1.807) is 14.0 Å². The maximum absolute atomic E-state index is 11.7. The standard InChI is InChI=1S/C9H17IN2O2/c1-6(7(13)9(2,3)4)11-8(14)12(5)10/h6H,1-5H3,(H,11,14)/t6-/m0/s1. The maximum Gasteiger partial charge on any atom is 0.326 e. The molecule has 0 radical (unpaired) electrons. The molecule has 14 heavy (non-hydrogen) atoms. The van der Waals surface area contributed by atoms with Gasteiger partial charge in [0.2, 0.25) is 0 Å². The number of carbonyl (C=O) groups excluding carboxylic acids is 2. The Hall–Kier alpha value is -0.330. The summed E-state index contributed by atoms with van der Waals surface area (Å²) in [5.41, 5.74) is -0.420. The van der Waals surface area contributed by atoms with Gasteiger partial charge in [-0.3, -0.25) is 7.91 Å². The second kappa shape index (κ2) is 4.95. The number of halogens is 1. The van der Waals surface area contributed by atoms with Gasteiger partial charge in [0.05, 0.1) is 28.9 Å². The fraction of sp³-hybridized carbons (Fsp3) is 0.778. The molecule has 0 unspecified atom stereocenters. The summed E-state index contributed by atoms with van der Waals surface area (Å²) >= 11 is 1.86. The Balaban J connectivity index is 4.30. The van der Waals surface area contributed by atoms with Gasteiger partial charge in [-0.25, -0.2) is 4.79 Å². The Morgan fingerprint density at radius 2 is 1.79 bits per heavy atom. The Morgan fingerprint density at radius 1 is 1.36 bits per heavy atom. The highest BCUT2D eigenvalue weighted by Crippen LogP contribution is 2.16. The van der Waals surface area contributed by atoms with Crippen molar-refractivity contribution in [2.24, 2.45) is 5.41 Å². The van der Waals surface area contributed by atoms with Crippen LogP contribution in [0.25, 0.3) is 0 Å². The number of nitrogens with one attached hydrogen (secondary N) is 1. The molecule has 2 amide bonds. The topological polar surface area (TPSA) is 49.4 Å². The zero-order valence-electron chi connectivity index (χ0n) is 9.22. The Bertz CT molecular complexity index is 233. The first-order valence-corrected chi connectivity index (χ1v) is 5.37. The predicted molar refractivity (Wildman–Crippen MR) is 64.2 cm³/mol. The number of hydrogen-bond donors (Lipinski definition) is 1. The summed E-state index contributed by atoms with van der Waals surface area (Å²) < 4.78 is 1.38. The van der Waals surface area contributed by atoms with Crippen molar-refractivity contribution in [1.82, 2.24) is 8.43 Å². The molecule has 0 aliphatic heterocycles. The van der Waals surface area contributed by atoms with E-state index in [0.29, 0.717) is 0 Å². The predicted octanol–water partition coefficient (Wildman–Crippen LogP) is 1.98. The molecule has 1 atom stereocenters. The van der Waals surface area contributed by atoms with Crippen molar-refractivity contribution in [2.75, 3.05) is 7.05 Å². The highest BCUT2D eigenvalue weighted by atomic mass is 127. The molecular weight excluding hydrogens is 295 g/mol. The molecule has 0 saturated carbocycles. The van der Waals surface area contributed by atoms with E-state index in [4.69, 9.17) is 0 Å². The summed E-state index contributed by atoms with van der Waals surface area (Å²) in [6.07, 6.45) is 0. The van der Waals surface area contributed by atoms with E-state index in [1.807, 2.05) is 43.6 Å². The summed E-state index contributed by atoms with van der Waals surface area (Å²) in [7, 11) is 1.63. The van der Waals surface area contributed by atoms with Crippen LogP contribution in [0.15, 0.2) is 0 Å². The molecular formula is C9H17IN2O2. The van der Waals surface area contributed by atoms with Crippen LogP contribution in [0.1, 0.15) is 27.7 Å². The van der Waals surface area contributed by atoms with Crippen molar-refractivity contribution in [2.45, 2.75) is 33.7 Å². The van der Waals surface area contributed by atoms with Gasteiger partial charge < -0.3 is 5.32 Å². The van der Waals surface area contributed by atoms with Crippen molar-refractivity contribution >= 4 is 34.7 Å². The van der Waals surface area contributed by atoms with Gasteiger partial charge in [-0.1, -0.05) is 20.8 Å². The van der Waals surface area contributed by atoms with Crippen LogP contribution in [-0.2, 0) is 4.79 Å². The number of carbonyl (C=O) groups is 2. The van der Waals surface area contributed by atoms with E-state index < -0.39 is 11.5 Å². The summed E-state index contributed by atoms with van der Waals surface area (Å²) in [6.45, 7) is 7.22. The molecule has 5 heteroatoms. The summed E-state index contributed by atoms with van der Waals surface area (Å²) in [5, 5.41) is 2.62. The molecule has 0 aliphatic carbocycles. The van der Waals surface area contributed by atoms with Gasteiger partial charge in [0.1, 0.15) is 0 Å². The minimum Gasteiger partial charge on any atom is -0.328 e. The van der Waals surface area contributed by atoms with E-state index in [0.717, 1.165) is 0 Å². The van der Waals surface area contributed by atoms with Crippen LogP contribution in [0.3, 0.4) is 0 Å². The van der Waals surface area contributed by atoms with Gasteiger partial charge in [-0.05, 0) is 6.92 Å². The first kappa shape index (κ1) is 13.7. The first-order chi connectivity index (χ1) is 6.16. The van der Waals surface area contributed by atoms with Gasteiger partial charge in [0.25, 0.3) is 0 Å². The minimum atomic E-state index is -0.445. The highest BCUT2D eigenvalue weighted by Gasteiger charge is 2.27. The maximum atomic E-state index is 11.7. The smallest absolute Gasteiger partial charge is 0.326 e. The van der Waals surface area contributed by atoms with Crippen molar-refractivity contribution in [3.8, 4) is 0 Å². The van der Waals surface area contributed by atoms with E-state index in [-0.39, 0.29) is 11.8 Å². The third kappa shape index (κ3) is 4.26. The average molecular weight is 312 g/mol. The second-order valence-corrected chi connectivity index (χ2v) is 5.71. The van der Waals surface area contributed by atoms with Crippen molar-refractivity contribution < 1.29 is 9.59 Å². The zero-order chi connectivity index (χ0) is 11.5. The molecule has 4 nitrogen and oxygen atoms in total. The van der Waals surface area contributed by atoms with Gasteiger partial charge in [0.15, 0.2) is 5.78 Å². The molecule has 1 N–H and O–H groups in total. The number of urea groups is 1. The number of ketones is 1. The molecule has 0 spiro atoms. The van der Waals surface area contributed by atoms with Crippen LogP contribution in [0.2, 0.25) is 0 Å². The zero-order valence-corrected chi connectivity index (χ0v) is 11.4. The van der Waals surface area contributed by atoms with Crippen molar-refractivity contribution in [3.63, 3.8) is 0 Å². The average Bonchev–Trinajstić information content (AvgIpc) is 2.00. The van der Waals surface area contributed by atoms with Crippen LogP contribution in [-0.4, -0.2) is 28.0 Å². The Morgan fingerprint density at radius 3 is 2.07 bits per heavy atom. The SMILES string of the molecule is C[C@H](NC(=O)N(C)I)C(=O)C(C)(C)C. The summed E-state index contributed by atoms with van der Waals surface area (Å²) in [4.78, 5) is 22.9.